The third-order valence-corrected chi connectivity index (χ3v) is 3.90. The highest BCUT2D eigenvalue weighted by atomic mass is 32.2. The van der Waals surface area contributed by atoms with Crippen molar-refractivity contribution in [3.8, 4) is 0 Å². The molecule has 2 aromatic rings. The lowest BCUT2D eigenvalue weighted by Gasteiger charge is -2.08. The fraction of sp³-hybridized carbons (Fsp3) is 0.267. The van der Waals surface area contributed by atoms with E-state index in [2.05, 4.69) is 22.2 Å². The number of amides is 1. The topological polar surface area (TPSA) is 101 Å². The van der Waals surface area contributed by atoms with Crippen LogP contribution in [0.2, 0.25) is 0 Å². The van der Waals surface area contributed by atoms with Crippen molar-refractivity contribution in [2.45, 2.75) is 24.9 Å². The summed E-state index contributed by atoms with van der Waals surface area (Å²) < 4.78 is 0. The van der Waals surface area contributed by atoms with Crippen LogP contribution in [0.5, 0.6) is 0 Å². The van der Waals surface area contributed by atoms with Crippen molar-refractivity contribution < 1.29 is 4.79 Å². The number of nitrogens with two attached hydrogens (primary N) is 1. The largest absolute Gasteiger partial charge is 0.382 e. The average Bonchev–Trinajstić information content (AvgIpc) is 2.52. The van der Waals surface area contributed by atoms with Crippen molar-refractivity contribution in [2.24, 2.45) is 0 Å². The van der Waals surface area contributed by atoms with E-state index in [4.69, 9.17) is 5.73 Å². The van der Waals surface area contributed by atoms with Crippen LogP contribution in [0.25, 0.3) is 0 Å². The number of carbonyl (C=O) groups is 1. The Labute approximate surface area is 132 Å². The number of unbranched alkanes of at least 4 members (excludes halogenated alkanes) is 1. The van der Waals surface area contributed by atoms with E-state index in [1.54, 1.807) is 24.3 Å². The molecule has 22 heavy (non-hydrogen) atoms. The third kappa shape index (κ3) is 4.11. The number of anilines is 2. The lowest BCUT2D eigenvalue weighted by atomic mass is 10.2. The summed E-state index contributed by atoms with van der Waals surface area (Å²) >= 11 is 1.44. The number of benzene rings is 1. The zero-order valence-electron chi connectivity index (χ0n) is 12.3. The Morgan fingerprint density at radius 2 is 2.09 bits per heavy atom. The van der Waals surface area contributed by atoms with E-state index in [-0.39, 0.29) is 11.5 Å². The second-order valence-electron chi connectivity index (χ2n) is 4.65. The van der Waals surface area contributed by atoms with E-state index < -0.39 is 11.5 Å². The molecule has 0 atom stereocenters. The predicted molar refractivity (Wildman–Crippen MR) is 89.3 cm³/mol. The number of carbonyl (C=O) groups excluding carboxylic acids is 1. The van der Waals surface area contributed by atoms with Gasteiger partial charge in [0.05, 0.1) is 0 Å². The monoisotopic (exact) mass is 318 g/mol. The molecule has 1 amide bonds. The second-order valence-corrected chi connectivity index (χ2v) is 5.74. The normalized spacial score (nSPS) is 10.4. The van der Waals surface area contributed by atoms with Gasteiger partial charge in [-0.25, -0.2) is 4.98 Å². The minimum atomic E-state index is -0.448. The van der Waals surface area contributed by atoms with Crippen LogP contribution in [0.1, 0.15) is 30.1 Å². The molecule has 0 fully saturated rings. The predicted octanol–water partition coefficient (Wildman–Crippen LogP) is 2.50. The molecule has 0 aliphatic rings. The van der Waals surface area contributed by atoms with Gasteiger partial charge in [-0.2, -0.15) is 0 Å². The molecule has 0 aliphatic carbocycles. The van der Waals surface area contributed by atoms with E-state index in [0.717, 1.165) is 18.6 Å². The zero-order valence-corrected chi connectivity index (χ0v) is 13.1. The maximum absolute atomic E-state index is 12.1. The molecule has 1 aromatic carbocycles. The van der Waals surface area contributed by atoms with Crippen molar-refractivity contribution >= 4 is 29.2 Å². The molecule has 2 rings (SSSR count). The molecule has 7 heteroatoms. The summed E-state index contributed by atoms with van der Waals surface area (Å²) in [6.07, 6.45) is 2.10. The van der Waals surface area contributed by atoms with Gasteiger partial charge in [0, 0.05) is 11.3 Å². The molecule has 0 radical (unpaired) electrons. The minimum absolute atomic E-state index is 0.0197. The molecular formula is C15H18N4O2S. The number of H-pyrrole nitrogens is 1. The van der Waals surface area contributed by atoms with Crippen LogP contribution in [-0.4, -0.2) is 21.6 Å². The Hall–Kier alpha value is -2.28. The summed E-state index contributed by atoms with van der Waals surface area (Å²) in [5.74, 6) is 0.479. The van der Waals surface area contributed by atoms with Gasteiger partial charge in [-0.05, 0) is 18.6 Å². The average molecular weight is 318 g/mol. The number of nitrogens with zero attached hydrogens (tertiary/aromatic N) is 1. The van der Waals surface area contributed by atoms with Gasteiger partial charge in [-0.1, -0.05) is 43.3 Å². The maximum Gasteiger partial charge on any atom is 0.277 e. The number of aromatic amines is 1. The fourth-order valence-corrected chi connectivity index (χ4v) is 2.70. The molecule has 0 unspecified atom stereocenters. The molecule has 0 saturated heterocycles. The number of nitrogens with one attached hydrogen (secondary N) is 2. The summed E-state index contributed by atoms with van der Waals surface area (Å²) in [4.78, 5) is 30.9. The van der Waals surface area contributed by atoms with Crippen LogP contribution in [-0.2, 0) is 0 Å². The maximum atomic E-state index is 12.1. The zero-order chi connectivity index (χ0) is 15.9. The Morgan fingerprint density at radius 1 is 1.36 bits per heavy atom. The number of hydrogen-bond donors (Lipinski definition) is 3. The standard InChI is InChI=1S/C15H18N4O2S/c1-2-3-9-22-15-18-12(16)11(14(21)19-15)17-13(20)10-7-5-4-6-8-10/h4-8H,2-3,9H2,1H3,(H,17,20)(H3,16,18,19,21). The Kier molecular flexibility index (Phi) is 5.60. The molecule has 0 spiro atoms. The first kappa shape index (κ1) is 16.1. The van der Waals surface area contributed by atoms with Crippen LogP contribution >= 0.6 is 11.8 Å². The summed E-state index contributed by atoms with van der Waals surface area (Å²) in [7, 11) is 0. The van der Waals surface area contributed by atoms with Gasteiger partial charge in [-0.15, -0.1) is 0 Å². The Morgan fingerprint density at radius 3 is 2.73 bits per heavy atom. The number of thioether (sulfide) groups is 1. The van der Waals surface area contributed by atoms with Crippen LogP contribution in [0, 0.1) is 0 Å². The van der Waals surface area contributed by atoms with Crippen molar-refractivity contribution in [2.75, 3.05) is 16.8 Å². The Balaban J connectivity index is 2.15. The molecule has 116 valence electrons. The van der Waals surface area contributed by atoms with Gasteiger partial charge in [0.25, 0.3) is 11.5 Å². The fourth-order valence-electron chi connectivity index (χ4n) is 1.75. The minimum Gasteiger partial charge on any atom is -0.382 e. The molecule has 4 N–H and O–H groups in total. The Bertz CT molecular complexity index is 700. The molecule has 1 heterocycles. The second kappa shape index (κ2) is 7.65. The van der Waals surface area contributed by atoms with Gasteiger partial charge < -0.3 is 11.1 Å². The first-order chi connectivity index (χ1) is 10.6. The summed E-state index contributed by atoms with van der Waals surface area (Å²) in [5, 5.41) is 2.98. The van der Waals surface area contributed by atoms with Gasteiger partial charge in [0.1, 0.15) is 5.69 Å². The smallest absolute Gasteiger partial charge is 0.277 e. The first-order valence-corrected chi connectivity index (χ1v) is 7.99. The molecule has 1 aromatic heterocycles. The van der Waals surface area contributed by atoms with Crippen LogP contribution in [0.4, 0.5) is 11.5 Å². The highest BCUT2D eigenvalue weighted by molar-refractivity contribution is 7.99. The number of nitrogen functional groups attached to an aromatic ring is 1. The van der Waals surface area contributed by atoms with E-state index in [1.807, 2.05) is 6.07 Å². The van der Waals surface area contributed by atoms with Gasteiger partial charge >= 0.3 is 0 Å². The number of aromatic nitrogens is 2. The molecule has 0 bridgehead atoms. The van der Waals surface area contributed by atoms with Crippen molar-refractivity contribution in [3.05, 3.63) is 46.2 Å². The molecule has 6 nitrogen and oxygen atoms in total. The molecule has 0 aliphatic heterocycles. The van der Waals surface area contributed by atoms with E-state index in [1.165, 1.54) is 11.8 Å². The van der Waals surface area contributed by atoms with Gasteiger partial charge in [-0.3, -0.25) is 14.6 Å². The van der Waals surface area contributed by atoms with E-state index in [0.29, 0.717) is 10.7 Å². The van der Waals surface area contributed by atoms with Crippen molar-refractivity contribution in [3.63, 3.8) is 0 Å². The number of rotatable bonds is 6. The van der Waals surface area contributed by atoms with Crippen molar-refractivity contribution in [1.82, 2.24) is 9.97 Å². The van der Waals surface area contributed by atoms with Crippen LogP contribution in [0.3, 0.4) is 0 Å². The summed E-state index contributed by atoms with van der Waals surface area (Å²) in [6, 6.07) is 8.61. The van der Waals surface area contributed by atoms with Gasteiger partial charge in [0.15, 0.2) is 11.0 Å². The van der Waals surface area contributed by atoms with Gasteiger partial charge in [0.2, 0.25) is 0 Å². The lowest BCUT2D eigenvalue weighted by molar-refractivity contribution is 0.102. The number of hydrogen-bond acceptors (Lipinski definition) is 5. The summed E-state index contributed by atoms with van der Waals surface area (Å²) in [5.41, 5.74) is 5.77. The molecule has 0 saturated carbocycles. The first-order valence-electron chi connectivity index (χ1n) is 7.00. The van der Waals surface area contributed by atoms with Crippen molar-refractivity contribution in [1.29, 1.82) is 0 Å². The molecular weight excluding hydrogens is 300 g/mol. The van der Waals surface area contributed by atoms with E-state index in [9.17, 15) is 9.59 Å². The summed E-state index contributed by atoms with van der Waals surface area (Å²) in [6.45, 7) is 2.09. The third-order valence-electron chi connectivity index (χ3n) is 2.94. The highest BCUT2D eigenvalue weighted by Gasteiger charge is 2.13. The van der Waals surface area contributed by atoms with Crippen LogP contribution in [0.15, 0.2) is 40.3 Å². The lowest BCUT2D eigenvalue weighted by Crippen LogP contribution is -2.23. The van der Waals surface area contributed by atoms with E-state index >= 15 is 0 Å². The van der Waals surface area contributed by atoms with Crippen LogP contribution < -0.4 is 16.6 Å². The highest BCUT2D eigenvalue weighted by Crippen LogP contribution is 2.18. The SMILES string of the molecule is CCCCSc1nc(N)c(NC(=O)c2ccccc2)c(=O)[nH]1. The quantitative estimate of drug-likeness (QED) is 0.431.